The van der Waals surface area contributed by atoms with Crippen LogP contribution in [0.4, 0.5) is 11.4 Å². The van der Waals surface area contributed by atoms with Gasteiger partial charge < -0.3 is 10.6 Å². The van der Waals surface area contributed by atoms with Crippen LogP contribution in [0.2, 0.25) is 0 Å². The maximum atomic E-state index is 13.3. The molecule has 5 aromatic rings. The Balaban J connectivity index is 1.41. The fourth-order valence-corrected chi connectivity index (χ4v) is 4.15. The molecule has 166 valence electrons. The Hall–Kier alpha value is -4.56. The van der Waals surface area contributed by atoms with E-state index in [0.29, 0.717) is 28.2 Å². The average Bonchev–Trinajstić information content (AvgIpc) is 3.56. The van der Waals surface area contributed by atoms with Gasteiger partial charge in [0.05, 0.1) is 16.1 Å². The summed E-state index contributed by atoms with van der Waals surface area (Å²) >= 11 is 1.52. The first kappa shape index (κ1) is 21.3. The predicted molar refractivity (Wildman–Crippen MR) is 133 cm³/mol. The highest BCUT2D eigenvalue weighted by Gasteiger charge is 2.20. The number of carbonyl (C=O) groups excluding carboxylic acids is 2. The van der Waals surface area contributed by atoms with Crippen molar-refractivity contribution < 1.29 is 9.59 Å². The molecule has 2 aromatic carbocycles. The van der Waals surface area contributed by atoms with Crippen LogP contribution >= 0.6 is 11.3 Å². The van der Waals surface area contributed by atoms with Crippen LogP contribution in [0.3, 0.4) is 0 Å². The normalized spacial score (nSPS) is 10.6. The number of hydrogen-bond acceptors (Lipinski definition) is 5. The monoisotopic (exact) mass is 465 g/mol. The van der Waals surface area contributed by atoms with Crippen molar-refractivity contribution in [3.8, 4) is 16.3 Å². The second-order valence-corrected chi connectivity index (χ2v) is 8.32. The van der Waals surface area contributed by atoms with Crippen LogP contribution in [-0.2, 0) is 0 Å². The Morgan fingerprint density at radius 2 is 1.59 bits per heavy atom. The molecule has 0 spiro atoms. The lowest BCUT2D eigenvalue weighted by molar-refractivity contribution is 0.101. The maximum absolute atomic E-state index is 13.3. The molecule has 0 radical (unpaired) electrons. The third-order valence-electron chi connectivity index (χ3n) is 5.05. The predicted octanol–water partition coefficient (Wildman–Crippen LogP) is 5.50. The van der Waals surface area contributed by atoms with Gasteiger partial charge in [-0.2, -0.15) is 5.10 Å². The van der Waals surface area contributed by atoms with E-state index in [-0.39, 0.29) is 11.8 Å². The Bertz CT molecular complexity index is 1430. The van der Waals surface area contributed by atoms with Crippen LogP contribution in [0.1, 0.15) is 20.7 Å². The quantitative estimate of drug-likeness (QED) is 0.347. The first-order valence-electron chi connectivity index (χ1n) is 10.5. The number of rotatable bonds is 6. The Morgan fingerprint density at radius 3 is 2.35 bits per heavy atom. The van der Waals surface area contributed by atoms with Gasteiger partial charge in [-0.3, -0.25) is 14.6 Å². The molecule has 8 heteroatoms. The summed E-state index contributed by atoms with van der Waals surface area (Å²) in [6.07, 6.45) is 4.93. The molecule has 0 saturated carbocycles. The molecule has 2 amide bonds. The number of anilines is 2. The molecule has 0 aliphatic rings. The minimum absolute atomic E-state index is 0.279. The van der Waals surface area contributed by atoms with Crippen LogP contribution in [0.25, 0.3) is 16.3 Å². The number of thiophene rings is 1. The smallest absolute Gasteiger partial charge is 0.259 e. The molecule has 0 aliphatic heterocycles. The molecule has 3 aromatic heterocycles. The maximum Gasteiger partial charge on any atom is 0.259 e. The summed E-state index contributed by atoms with van der Waals surface area (Å²) in [5, 5.41) is 12.3. The molecule has 34 heavy (non-hydrogen) atoms. The Labute approximate surface area is 199 Å². The number of hydrogen-bond donors (Lipinski definition) is 2. The average molecular weight is 466 g/mol. The molecule has 0 saturated heterocycles. The van der Waals surface area contributed by atoms with Gasteiger partial charge in [-0.1, -0.05) is 30.3 Å². The van der Waals surface area contributed by atoms with Crippen molar-refractivity contribution in [2.75, 3.05) is 10.6 Å². The van der Waals surface area contributed by atoms with E-state index in [1.807, 2.05) is 47.8 Å². The second-order valence-electron chi connectivity index (χ2n) is 7.37. The minimum atomic E-state index is -0.308. The first-order valence-corrected chi connectivity index (χ1v) is 11.4. The molecule has 0 atom stereocenters. The van der Waals surface area contributed by atoms with E-state index in [9.17, 15) is 9.59 Å². The van der Waals surface area contributed by atoms with Crippen LogP contribution in [-0.4, -0.2) is 26.6 Å². The topological polar surface area (TPSA) is 88.9 Å². The third kappa shape index (κ3) is 4.62. The van der Waals surface area contributed by atoms with Crippen molar-refractivity contribution >= 4 is 34.5 Å². The van der Waals surface area contributed by atoms with Gasteiger partial charge in [-0.15, -0.1) is 11.3 Å². The standard InChI is InChI=1S/C26H19N5O2S/c32-25(28-19-11-13-27-14-12-19)18-6-4-7-20(16-18)29-26(33)22-17-31(21-8-2-1-3-9-21)30-24(22)23-10-5-15-34-23/h1-17H,(H,29,33)(H,27,28,32). The van der Waals surface area contributed by atoms with E-state index in [0.717, 1.165) is 10.6 Å². The highest BCUT2D eigenvalue weighted by Crippen LogP contribution is 2.28. The van der Waals surface area contributed by atoms with Gasteiger partial charge in [0, 0.05) is 35.5 Å². The number of nitrogens with zero attached hydrogens (tertiary/aromatic N) is 3. The van der Waals surface area contributed by atoms with Crippen LogP contribution in [0.15, 0.2) is 103 Å². The van der Waals surface area contributed by atoms with Gasteiger partial charge in [0.15, 0.2) is 0 Å². The zero-order valence-electron chi connectivity index (χ0n) is 17.9. The van der Waals surface area contributed by atoms with Crippen LogP contribution in [0, 0.1) is 0 Å². The molecule has 0 fully saturated rings. The molecule has 0 unspecified atom stereocenters. The van der Waals surface area contributed by atoms with Crippen molar-refractivity contribution in [1.29, 1.82) is 0 Å². The van der Waals surface area contributed by atoms with Crippen LogP contribution < -0.4 is 10.6 Å². The third-order valence-corrected chi connectivity index (χ3v) is 5.93. The number of carbonyl (C=O) groups is 2. The van der Waals surface area contributed by atoms with E-state index in [2.05, 4.69) is 20.7 Å². The summed E-state index contributed by atoms with van der Waals surface area (Å²) in [5.41, 5.74) is 3.48. The number of benzene rings is 2. The molecular formula is C26H19N5O2S. The van der Waals surface area contributed by atoms with Crippen LogP contribution in [0.5, 0.6) is 0 Å². The summed E-state index contributed by atoms with van der Waals surface area (Å²) in [6, 6.07) is 23.7. The highest BCUT2D eigenvalue weighted by atomic mass is 32.1. The van der Waals surface area contributed by atoms with E-state index in [4.69, 9.17) is 0 Å². The van der Waals surface area contributed by atoms with Crippen molar-refractivity contribution in [2.45, 2.75) is 0 Å². The summed E-state index contributed by atoms with van der Waals surface area (Å²) in [5.74, 6) is -0.587. The molecule has 3 heterocycles. The number of nitrogens with one attached hydrogen (secondary N) is 2. The zero-order valence-corrected chi connectivity index (χ0v) is 18.7. The molecule has 0 aliphatic carbocycles. The second kappa shape index (κ2) is 9.51. The number of aromatic nitrogens is 3. The van der Waals surface area contributed by atoms with Gasteiger partial charge in [0.1, 0.15) is 5.69 Å². The largest absolute Gasteiger partial charge is 0.322 e. The molecule has 7 nitrogen and oxygen atoms in total. The SMILES string of the molecule is O=C(Nc1ccncc1)c1cccc(NC(=O)c2cn(-c3ccccc3)nc2-c2cccs2)c1. The number of pyridine rings is 1. The van der Waals surface area contributed by atoms with E-state index in [1.54, 1.807) is 59.7 Å². The van der Waals surface area contributed by atoms with Crippen molar-refractivity contribution in [2.24, 2.45) is 0 Å². The summed E-state index contributed by atoms with van der Waals surface area (Å²) in [6.45, 7) is 0. The van der Waals surface area contributed by atoms with E-state index < -0.39 is 0 Å². The zero-order chi connectivity index (χ0) is 23.3. The van der Waals surface area contributed by atoms with E-state index >= 15 is 0 Å². The molecule has 2 N–H and O–H groups in total. The lowest BCUT2D eigenvalue weighted by atomic mass is 10.1. The van der Waals surface area contributed by atoms with Gasteiger partial charge in [-0.05, 0) is 53.9 Å². The van der Waals surface area contributed by atoms with Gasteiger partial charge >= 0.3 is 0 Å². The summed E-state index contributed by atoms with van der Waals surface area (Å²) < 4.78 is 1.70. The summed E-state index contributed by atoms with van der Waals surface area (Å²) in [4.78, 5) is 30.8. The molecular weight excluding hydrogens is 446 g/mol. The van der Waals surface area contributed by atoms with Gasteiger partial charge in [0.2, 0.25) is 0 Å². The fourth-order valence-electron chi connectivity index (χ4n) is 3.42. The first-order chi connectivity index (χ1) is 16.7. The Morgan fingerprint density at radius 1 is 0.794 bits per heavy atom. The molecule has 5 rings (SSSR count). The van der Waals surface area contributed by atoms with Gasteiger partial charge in [0.25, 0.3) is 11.8 Å². The van der Waals surface area contributed by atoms with Crippen molar-refractivity contribution in [1.82, 2.24) is 14.8 Å². The highest BCUT2D eigenvalue weighted by molar-refractivity contribution is 7.13. The fraction of sp³-hybridized carbons (Fsp3) is 0. The van der Waals surface area contributed by atoms with Crippen molar-refractivity contribution in [3.05, 3.63) is 114 Å². The van der Waals surface area contributed by atoms with Gasteiger partial charge in [-0.25, -0.2) is 4.68 Å². The number of para-hydroxylation sites is 1. The lowest BCUT2D eigenvalue weighted by Crippen LogP contribution is -2.15. The van der Waals surface area contributed by atoms with E-state index in [1.165, 1.54) is 11.3 Å². The summed E-state index contributed by atoms with van der Waals surface area (Å²) in [7, 11) is 0. The molecule has 0 bridgehead atoms. The van der Waals surface area contributed by atoms with Crippen molar-refractivity contribution in [3.63, 3.8) is 0 Å². The lowest BCUT2D eigenvalue weighted by Gasteiger charge is -2.08. The Kier molecular flexibility index (Phi) is 5.96. The minimum Gasteiger partial charge on any atom is -0.322 e. The number of amides is 2.